The zero-order valence-corrected chi connectivity index (χ0v) is 21.6. The van der Waals surface area contributed by atoms with E-state index < -0.39 is 0 Å². The molecule has 1 aromatic heterocycles. The van der Waals surface area contributed by atoms with E-state index in [1.54, 1.807) is 19.4 Å². The number of rotatable bonds is 5. The smallest absolute Gasteiger partial charge is 0.257 e. The molecular formula is C29H29N7O2. The third kappa shape index (κ3) is 4.48. The highest BCUT2D eigenvalue weighted by molar-refractivity contribution is 6.11. The van der Waals surface area contributed by atoms with Crippen LogP contribution in [0.2, 0.25) is 0 Å². The first-order valence-corrected chi connectivity index (χ1v) is 12.5. The molecule has 0 unspecified atom stereocenters. The van der Waals surface area contributed by atoms with E-state index >= 15 is 0 Å². The number of aromatic nitrogens is 2. The highest BCUT2D eigenvalue weighted by Crippen LogP contribution is 2.36. The molecule has 192 valence electrons. The second-order valence-corrected chi connectivity index (χ2v) is 9.60. The summed E-state index contributed by atoms with van der Waals surface area (Å²) >= 11 is 0. The highest BCUT2D eigenvalue weighted by atomic mass is 16.5. The maximum absolute atomic E-state index is 12.7. The van der Waals surface area contributed by atoms with E-state index in [2.05, 4.69) is 45.0 Å². The van der Waals surface area contributed by atoms with Crippen LogP contribution in [0.4, 0.5) is 40.2 Å². The largest absolute Gasteiger partial charge is 0.495 e. The van der Waals surface area contributed by atoms with Crippen LogP contribution in [0.1, 0.15) is 21.5 Å². The van der Waals surface area contributed by atoms with Crippen molar-refractivity contribution >= 4 is 46.1 Å². The number of nitrogens with zero attached hydrogens (tertiary/aromatic N) is 4. The Bertz CT molecular complexity index is 1520. The van der Waals surface area contributed by atoms with Crippen molar-refractivity contribution < 1.29 is 9.53 Å². The number of likely N-dealkylation sites (N-methyl/N-ethyl adjacent to an activating group) is 1. The lowest BCUT2D eigenvalue weighted by Crippen LogP contribution is -2.26. The molecule has 38 heavy (non-hydrogen) atoms. The maximum atomic E-state index is 12.7. The second kappa shape index (κ2) is 9.68. The van der Waals surface area contributed by atoms with E-state index in [0.29, 0.717) is 23.0 Å². The van der Waals surface area contributed by atoms with Crippen molar-refractivity contribution in [3.8, 4) is 5.75 Å². The Morgan fingerprint density at radius 3 is 2.53 bits per heavy atom. The van der Waals surface area contributed by atoms with E-state index in [0.717, 1.165) is 48.0 Å². The molecule has 0 saturated heterocycles. The molecule has 9 nitrogen and oxygen atoms in total. The monoisotopic (exact) mass is 507 g/mol. The zero-order valence-electron chi connectivity index (χ0n) is 21.6. The molecule has 0 fully saturated rings. The zero-order chi connectivity index (χ0) is 26.2. The highest BCUT2D eigenvalue weighted by Gasteiger charge is 2.24. The first kappa shape index (κ1) is 23.7. The summed E-state index contributed by atoms with van der Waals surface area (Å²) in [4.78, 5) is 26.0. The molecule has 0 aliphatic carbocycles. The summed E-state index contributed by atoms with van der Waals surface area (Å²) in [6.45, 7) is 1.99. The Morgan fingerprint density at radius 1 is 0.974 bits per heavy atom. The molecule has 2 aliphatic heterocycles. The van der Waals surface area contributed by atoms with Gasteiger partial charge in [-0.3, -0.25) is 4.79 Å². The SMILES string of the molecule is COc1cc2c(cc1Nc1ccc(Nc3ncc4c(n3)N(C)c3ccccc3C(=O)N4)cc1)CCN(C)C2. The van der Waals surface area contributed by atoms with Crippen LogP contribution in [0.3, 0.4) is 0 Å². The Kier molecular flexibility index (Phi) is 6.05. The summed E-state index contributed by atoms with van der Waals surface area (Å²) in [6.07, 6.45) is 2.65. The Balaban J connectivity index is 1.20. The van der Waals surface area contributed by atoms with Gasteiger partial charge < -0.3 is 30.5 Å². The molecule has 2 aliphatic rings. The summed E-state index contributed by atoms with van der Waals surface area (Å²) in [5, 5.41) is 9.68. The maximum Gasteiger partial charge on any atom is 0.257 e. The topological polar surface area (TPSA) is 94.6 Å². The summed E-state index contributed by atoms with van der Waals surface area (Å²) in [6, 6.07) is 19.7. The Morgan fingerprint density at radius 2 is 1.74 bits per heavy atom. The van der Waals surface area contributed by atoms with Crippen molar-refractivity contribution in [2.45, 2.75) is 13.0 Å². The van der Waals surface area contributed by atoms with Crippen LogP contribution in [-0.4, -0.2) is 48.5 Å². The molecule has 0 spiro atoms. The van der Waals surface area contributed by atoms with Crippen LogP contribution in [0.5, 0.6) is 5.75 Å². The molecule has 6 rings (SSSR count). The van der Waals surface area contributed by atoms with Gasteiger partial charge in [-0.05, 0) is 73.1 Å². The summed E-state index contributed by atoms with van der Waals surface area (Å²) in [5.74, 6) is 1.70. The standard InChI is InChI=1S/C29H29N7O2/c1-35-13-12-18-14-23(26(38-3)15-19(18)17-35)31-20-8-10-21(11-9-20)32-29-30-16-24-27(34-29)36(2)25-7-5-4-6-22(25)28(37)33-24/h4-11,14-16,31H,12-13,17H2,1-3H3,(H,33,37)(H,30,32,34). The van der Waals surface area contributed by atoms with E-state index in [-0.39, 0.29) is 5.91 Å². The lowest BCUT2D eigenvalue weighted by atomic mass is 9.98. The molecule has 0 atom stereocenters. The van der Waals surface area contributed by atoms with E-state index in [4.69, 9.17) is 9.72 Å². The molecule has 3 aromatic carbocycles. The number of benzene rings is 3. The lowest BCUT2D eigenvalue weighted by Gasteiger charge is -2.26. The number of ether oxygens (including phenoxy) is 1. The van der Waals surface area contributed by atoms with Crippen LogP contribution in [0.15, 0.2) is 66.9 Å². The summed E-state index contributed by atoms with van der Waals surface area (Å²) in [7, 11) is 5.74. The number of methoxy groups -OCH3 is 1. The average molecular weight is 508 g/mol. The number of amides is 1. The minimum Gasteiger partial charge on any atom is -0.495 e. The van der Waals surface area contributed by atoms with Crippen LogP contribution in [0.25, 0.3) is 0 Å². The van der Waals surface area contributed by atoms with E-state index in [1.165, 1.54) is 11.1 Å². The van der Waals surface area contributed by atoms with Crippen LogP contribution < -0.4 is 25.6 Å². The normalized spacial score (nSPS) is 14.5. The van der Waals surface area contributed by atoms with Crippen molar-refractivity contribution in [3.63, 3.8) is 0 Å². The van der Waals surface area contributed by atoms with Gasteiger partial charge in [-0.1, -0.05) is 12.1 Å². The van der Waals surface area contributed by atoms with Gasteiger partial charge in [0.2, 0.25) is 5.95 Å². The number of carbonyl (C=O) groups excluding carboxylic acids is 1. The molecule has 4 aromatic rings. The Hall–Kier alpha value is -4.63. The van der Waals surface area contributed by atoms with Gasteiger partial charge in [0, 0.05) is 31.5 Å². The van der Waals surface area contributed by atoms with Gasteiger partial charge in [-0.25, -0.2) is 4.98 Å². The number of carbonyl (C=O) groups is 1. The second-order valence-electron chi connectivity index (χ2n) is 9.60. The third-order valence-electron chi connectivity index (χ3n) is 6.99. The quantitative estimate of drug-likeness (QED) is 0.335. The predicted octanol–water partition coefficient (Wildman–Crippen LogP) is 5.29. The van der Waals surface area contributed by atoms with Gasteiger partial charge in [-0.2, -0.15) is 4.98 Å². The van der Waals surface area contributed by atoms with Crippen molar-refractivity contribution in [3.05, 3.63) is 83.6 Å². The number of hydrogen-bond donors (Lipinski definition) is 3. The fourth-order valence-corrected chi connectivity index (χ4v) is 4.95. The van der Waals surface area contributed by atoms with Crippen molar-refractivity contribution in [2.24, 2.45) is 0 Å². The van der Waals surface area contributed by atoms with Gasteiger partial charge in [0.15, 0.2) is 5.82 Å². The number of fused-ring (bicyclic) bond motifs is 3. The minimum atomic E-state index is -0.179. The summed E-state index contributed by atoms with van der Waals surface area (Å²) < 4.78 is 5.67. The first-order chi connectivity index (χ1) is 18.5. The van der Waals surface area contributed by atoms with Gasteiger partial charge in [0.1, 0.15) is 11.4 Å². The molecule has 0 saturated carbocycles. The molecule has 9 heteroatoms. The van der Waals surface area contributed by atoms with Gasteiger partial charge >= 0.3 is 0 Å². The summed E-state index contributed by atoms with van der Waals surface area (Å²) in [5.41, 5.74) is 7.35. The van der Waals surface area contributed by atoms with Gasteiger partial charge in [0.05, 0.1) is 30.2 Å². The predicted molar refractivity (Wildman–Crippen MR) is 151 cm³/mol. The minimum absolute atomic E-state index is 0.179. The van der Waals surface area contributed by atoms with E-state index in [9.17, 15) is 4.79 Å². The molecule has 3 heterocycles. The molecule has 3 N–H and O–H groups in total. The molecule has 0 radical (unpaired) electrons. The van der Waals surface area contributed by atoms with Crippen LogP contribution in [0, 0.1) is 0 Å². The Labute approximate surface area is 221 Å². The van der Waals surface area contributed by atoms with Crippen molar-refractivity contribution in [2.75, 3.05) is 48.6 Å². The number of hydrogen-bond acceptors (Lipinski definition) is 8. The number of para-hydroxylation sites is 1. The van der Waals surface area contributed by atoms with Crippen LogP contribution in [-0.2, 0) is 13.0 Å². The van der Waals surface area contributed by atoms with Crippen LogP contribution >= 0.6 is 0 Å². The fourth-order valence-electron chi connectivity index (χ4n) is 4.95. The lowest BCUT2D eigenvalue weighted by molar-refractivity contribution is 0.102. The third-order valence-corrected chi connectivity index (χ3v) is 6.99. The molecule has 0 bridgehead atoms. The number of anilines is 7. The van der Waals surface area contributed by atoms with E-state index in [1.807, 2.05) is 54.4 Å². The first-order valence-electron chi connectivity index (χ1n) is 12.5. The molecular weight excluding hydrogens is 478 g/mol. The number of nitrogens with one attached hydrogen (secondary N) is 3. The van der Waals surface area contributed by atoms with Crippen molar-refractivity contribution in [1.29, 1.82) is 0 Å². The fraction of sp³-hybridized carbons (Fsp3) is 0.207. The van der Waals surface area contributed by atoms with Gasteiger partial charge in [0.25, 0.3) is 5.91 Å². The average Bonchev–Trinajstić information content (AvgIpc) is 3.04. The van der Waals surface area contributed by atoms with Gasteiger partial charge in [-0.15, -0.1) is 0 Å². The van der Waals surface area contributed by atoms with Crippen molar-refractivity contribution in [1.82, 2.24) is 14.9 Å². The molecule has 1 amide bonds.